The Morgan fingerprint density at radius 1 is 1.15 bits per heavy atom. The molecule has 2 heterocycles. The van der Waals surface area contributed by atoms with Gasteiger partial charge in [-0.2, -0.15) is 5.10 Å². The number of para-hydroxylation sites is 1. The zero-order valence-corrected chi connectivity index (χ0v) is 12.0. The first-order chi connectivity index (χ1) is 9.63. The first-order valence-corrected chi connectivity index (χ1v) is 6.73. The number of fused-ring (bicyclic) bond motifs is 1. The first-order valence-electron chi connectivity index (χ1n) is 6.73. The summed E-state index contributed by atoms with van der Waals surface area (Å²) in [6.07, 6.45) is 2.05. The maximum Gasteiger partial charge on any atom is 0.0936 e. The topological polar surface area (TPSA) is 42.7 Å². The molecular formula is C16H18N4. The molecule has 0 unspecified atom stereocenters. The molecule has 0 saturated heterocycles. The molecule has 1 N–H and O–H groups in total. The zero-order valence-electron chi connectivity index (χ0n) is 12.0. The summed E-state index contributed by atoms with van der Waals surface area (Å²) in [6, 6.07) is 10.4. The highest BCUT2D eigenvalue weighted by Gasteiger charge is 2.05. The fourth-order valence-corrected chi connectivity index (χ4v) is 2.40. The highest BCUT2D eigenvalue weighted by Crippen LogP contribution is 2.22. The number of hydrogen-bond donors (Lipinski definition) is 1. The van der Waals surface area contributed by atoms with Gasteiger partial charge in [-0.05, 0) is 26.0 Å². The Labute approximate surface area is 118 Å². The van der Waals surface area contributed by atoms with Crippen molar-refractivity contribution >= 4 is 16.6 Å². The van der Waals surface area contributed by atoms with E-state index < -0.39 is 0 Å². The molecule has 0 radical (unpaired) electrons. The van der Waals surface area contributed by atoms with E-state index in [-0.39, 0.29) is 0 Å². The molecule has 0 amide bonds. The van der Waals surface area contributed by atoms with Crippen LogP contribution in [0.25, 0.3) is 10.9 Å². The van der Waals surface area contributed by atoms with Crippen LogP contribution in [-0.4, -0.2) is 14.8 Å². The largest absolute Gasteiger partial charge is 0.379 e. The molecule has 1 aromatic carbocycles. The van der Waals surface area contributed by atoms with Crippen molar-refractivity contribution in [1.29, 1.82) is 0 Å². The Hall–Kier alpha value is -2.36. The third-order valence-corrected chi connectivity index (χ3v) is 3.44. The van der Waals surface area contributed by atoms with E-state index in [1.807, 2.05) is 37.8 Å². The Morgan fingerprint density at radius 2 is 2.00 bits per heavy atom. The van der Waals surface area contributed by atoms with Gasteiger partial charge in [-0.3, -0.25) is 9.67 Å². The summed E-state index contributed by atoms with van der Waals surface area (Å²) in [5.74, 6) is 0. The first kappa shape index (κ1) is 12.7. The van der Waals surface area contributed by atoms with Crippen LogP contribution in [0.3, 0.4) is 0 Å². The summed E-state index contributed by atoms with van der Waals surface area (Å²) in [5, 5.41) is 8.99. The van der Waals surface area contributed by atoms with Gasteiger partial charge in [0.25, 0.3) is 0 Å². The maximum absolute atomic E-state index is 4.63. The van der Waals surface area contributed by atoms with Gasteiger partial charge in [0.15, 0.2) is 0 Å². The summed E-state index contributed by atoms with van der Waals surface area (Å²) >= 11 is 0. The molecule has 0 spiro atoms. The van der Waals surface area contributed by atoms with Gasteiger partial charge >= 0.3 is 0 Å². The molecule has 3 aromatic rings. The van der Waals surface area contributed by atoms with Crippen molar-refractivity contribution in [3.05, 3.63) is 53.5 Å². The Bertz CT molecular complexity index is 758. The molecule has 0 saturated carbocycles. The van der Waals surface area contributed by atoms with Crippen LogP contribution in [0.4, 0.5) is 5.69 Å². The molecule has 3 rings (SSSR count). The lowest BCUT2D eigenvalue weighted by Gasteiger charge is -2.09. The molecule has 0 fully saturated rings. The molecule has 102 valence electrons. The van der Waals surface area contributed by atoms with E-state index in [0.717, 1.165) is 34.5 Å². The van der Waals surface area contributed by atoms with Gasteiger partial charge < -0.3 is 5.32 Å². The predicted octanol–water partition coefficient (Wildman–Crippen LogP) is 3.20. The number of nitrogens with one attached hydrogen (secondary N) is 1. The number of rotatable bonds is 3. The van der Waals surface area contributed by atoms with Crippen molar-refractivity contribution in [2.45, 2.75) is 20.4 Å². The van der Waals surface area contributed by atoms with Crippen molar-refractivity contribution in [2.24, 2.45) is 7.05 Å². The number of pyridine rings is 1. The van der Waals surface area contributed by atoms with E-state index in [2.05, 4.69) is 39.7 Å². The molecule has 20 heavy (non-hydrogen) atoms. The summed E-state index contributed by atoms with van der Waals surface area (Å²) in [7, 11) is 1.94. The van der Waals surface area contributed by atoms with Gasteiger partial charge in [0.05, 0.1) is 16.9 Å². The SMILES string of the molecule is Cc1ccc2cccc(NCc3cn(C)nc3C)c2n1. The Balaban J connectivity index is 1.91. The van der Waals surface area contributed by atoms with E-state index >= 15 is 0 Å². The number of anilines is 1. The molecule has 0 bridgehead atoms. The summed E-state index contributed by atoms with van der Waals surface area (Å²) in [6.45, 7) is 4.80. The van der Waals surface area contributed by atoms with Crippen LogP contribution in [0, 0.1) is 13.8 Å². The predicted molar refractivity (Wildman–Crippen MR) is 81.8 cm³/mol. The summed E-state index contributed by atoms with van der Waals surface area (Å²) in [4.78, 5) is 4.63. The molecular weight excluding hydrogens is 248 g/mol. The standard InChI is InChI=1S/C16H18N4/c1-11-7-8-13-5-4-6-15(16(13)18-11)17-9-14-10-20(3)19-12(14)2/h4-8,10,17H,9H2,1-3H3. The lowest BCUT2D eigenvalue weighted by atomic mass is 10.1. The van der Waals surface area contributed by atoms with Crippen molar-refractivity contribution in [1.82, 2.24) is 14.8 Å². The summed E-state index contributed by atoms with van der Waals surface area (Å²) in [5.41, 5.74) is 5.38. The molecule has 4 nitrogen and oxygen atoms in total. The van der Waals surface area contributed by atoms with Gasteiger partial charge in [0, 0.05) is 36.4 Å². The second-order valence-corrected chi connectivity index (χ2v) is 5.10. The quantitative estimate of drug-likeness (QED) is 0.791. The normalized spacial score (nSPS) is 10.9. The number of nitrogens with zero attached hydrogens (tertiary/aromatic N) is 3. The average Bonchev–Trinajstić information content (AvgIpc) is 2.74. The van der Waals surface area contributed by atoms with E-state index in [9.17, 15) is 0 Å². The van der Waals surface area contributed by atoms with E-state index in [0.29, 0.717) is 0 Å². The second kappa shape index (κ2) is 4.96. The number of aromatic nitrogens is 3. The van der Waals surface area contributed by atoms with Gasteiger partial charge in [0.1, 0.15) is 0 Å². The lowest BCUT2D eigenvalue weighted by Crippen LogP contribution is -2.01. The van der Waals surface area contributed by atoms with Crippen molar-refractivity contribution < 1.29 is 0 Å². The molecule has 0 aliphatic carbocycles. The highest BCUT2D eigenvalue weighted by molar-refractivity contribution is 5.90. The van der Waals surface area contributed by atoms with Crippen LogP contribution >= 0.6 is 0 Å². The molecule has 0 aliphatic rings. The third-order valence-electron chi connectivity index (χ3n) is 3.44. The van der Waals surface area contributed by atoms with Crippen LogP contribution in [0.5, 0.6) is 0 Å². The maximum atomic E-state index is 4.63. The highest BCUT2D eigenvalue weighted by atomic mass is 15.2. The Kier molecular flexibility index (Phi) is 3.14. The third kappa shape index (κ3) is 2.37. The molecule has 0 aliphatic heterocycles. The minimum Gasteiger partial charge on any atom is -0.379 e. The molecule has 0 atom stereocenters. The summed E-state index contributed by atoms with van der Waals surface area (Å²) < 4.78 is 1.85. The number of aryl methyl sites for hydroxylation is 3. The van der Waals surface area contributed by atoms with Crippen molar-refractivity contribution in [3.8, 4) is 0 Å². The number of hydrogen-bond acceptors (Lipinski definition) is 3. The monoisotopic (exact) mass is 266 g/mol. The van der Waals surface area contributed by atoms with Gasteiger partial charge in [-0.1, -0.05) is 18.2 Å². The fourth-order valence-electron chi connectivity index (χ4n) is 2.40. The minimum atomic E-state index is 0.758. The second-order valence-electron chi connectivity index (χ2n) is 5.10. The van der Waals surface area contributed by atoms with Crippen LogP contribution < -0.4 is 5.32 Å². The van der Waals surface area contributed by atoms with Gasteiger partial charge in [-0.15, -0.1) is 0 Å². The molecule has 4 heteroatoms. The van der Waals surface area contributed by atoms with E-state index in [1.165, 1.54) is 5.56 Å². The van der Waals surface area contributed by atoms with Crippen molar-refractivity contribution in [3.63, 3.8) is 0 Å². The van der Waals surface area contributed by atoms with Crippen LogP contribution in [-0.2, 0) is 13.6 Å². The van der Waals surface area contributed by atoms with Crippen molar-refractivity contribution in [2.75, 3.05) is 5.32 Å². The average molecular weight is 266 g/mol. The van der Waals surface area contributed by atoms with Crippen LogP contribution in [0.2, 0.25) is 0 Å². The van der Waals surface area contributed by atoms with E-state index in [4.69, 9.17) is 0 Å². The van der Waals surface area contributed by atoms with Gasteiger partial charge in [0.2, 0.25) is 0 Å². The van der Waals surface area contributed by atoms with Gasteiger partial charge in [-0.25, -0.2) is 0 Å². The number of benzene rings is 1. The zero-order chi connectivity index (χ0) is 14.1. The smallest absolute Gasteiger partial charge is 0.0936 e. The minimum absolute atomic E-state index is 0.758. The van der Waals surface area contributed by atoms with E-state index in [1.54, 1.807) is 0 Å². The lowest BCUT2D eigenvalue weighted by molar-refractivity contribution is 0.756. The Morgan fingerprint density at radius 3 is 2.75 bits per heavy atom. The molecule has 2 aromatic heterocycles. The fraction of sp³-hybridized carbons (Fsp3) is 0.250. The van der Waals surface area contributed by atoms with Crippen LogP contribution in [0.1, 0.15) is 17.0 Å². The van der Waals surface area contributed by atoms with Crippen LogP contribution in [0.15, 0.2) is 36.5 Å².